The number of benzene rings is 1. The summed E-state index contributed by atoms with van der Waals surface area (Å²) in [7, 11) is 3.09. The molecular weight excluding hydrogens is 334 g/mol. The molecule has 2 aromatic heterocycles. The van der Waals surface area contributed by atoms with Crippen molar-refractivity contribution in [3.63, 3.8) is 0 Å². The van der Waals surface area contributed by atoms with Gasteiger partial charge in [0.25, 0.3) is 11.5 Å². The lowest BCUT2D eigenvalue weighted by Gasteiger charge is -2.12. The first-order chi connectivity index (χ1) is 12.6. The van der Waals surface area contributed by atoms with E-state index in [1.165, 1.54) is 17.9 Å². The lowest BCUT2D eigenvalue weighted by Crippen LogP contribution is -2.25. The average molecular weight is 353 g/mol. The quantitative estimate of drug-likeness (QED) is 0.735. The van der Waals surface area contributed by atoms with Crippen LogP contribution in [-0.2, 0) is 11.3 Å². The molecule has 0 unspecified atom stereocenters. The van der Waals surface area contributed by atoms with Crippen LogP contribution in [0, 0.1) is 0 Å². The van der Waals surface area contributed by atoms with E-state index in [1.54, 1.807) is 49.7 Å². The first-order valence-electron chi connectivity index (χ1n) is 8.06. The smallest absolute Gasteiger partial charge is 0.258 e. The van der Waals surface area contributed by atoms with Crippen LogP contribution < -0.4 is 15.6 Å². The van der Waals surface area contributed by atoms with Gasteiger partial charge in [-0.05, 0) is 12.1 Å². The molecule has 0 aliphatic carbocycles. The molecule has 7 heteroatoms. The highest BCUT2D eigenvalue weighted by atomic mass is 16.5. The van der Waals surface area contributed by atoms with Crippen molar-refractivity contribution in [3.8, 4) is 5.88 Å². The maximum Gasteiger partial charge on any atom is 0.258 e. The number of hydrogen-bond donors (Lipinski definition) is 1. The largest absolute Gasteiger partial charge is 0.481 e. The number of rotatable bonds is 6. The Labute approximate surface area is 150 Å². The van der Waals surface area contributed by atoms with Crippen molar-refractivity contribution in [2.75, 3.05) is 26.1 Å². The van der Waals surface area contributed by atoms with E-state index in [2.05, 4.69) is 10.3 Å². The summed E-state index contributed by atoms with van der Waals surface area (Å²) in [6, 6.07) is 10.4. The maximum atomic E-state index is 12.8. The number of fused-ring (bicyclic) bond motifs is 1. The van der Waals surface area contributed by atoms with Crippen LogP contribution >= 0.6 is 0 Å². The lowest BCUT2D eigenvalue weighted by molar-refractivity contribution is 0.102. The van der Waals surface area contributed by atoms with Gasteiger partial charge in [-0.2, -0.15) is 0 Å². The van der Waals surface area contributed by atoms with Gasteiger partial charge in [0, 0.05) is 36.7 Å². The van der Waals surface area contributed by atoms with Crippen molar-refractivity contribution >= 4 is 22.4 Å². The van der Waals surface area contributed by atoms with Crippen LogP contribution in [0.15, 0.2) is 53.6 Å². The number of ether oxygens (including phenoxy) is 2. The number of carbonyl (C=O) groups is 1. The highest BCUT2D eigenvalue weighted by Gasteiger charge is 2.15. The minimum Gasteiger partial charge on any atom is -0.481 e. The molecule has 3 rings (SSSR count). The zero-order chi connectivity index (χ0) is 18.5. The van der Waals surface area contributed by atoms with Crippen molar-refractivity contribution < 1.29 is 14.3 Å². The van der Waals surface area contributed by atoms with E-state index in [0.29, 0.717) is 41.1 Å². The topological polar surface area (TPSA) is 82.4 Å². The second kappa shape index (κ2) is 7.79. The number of carbonyl (C=O) groups excluding carboxylic acids is 1. The minimum absolute atomic E-state index is 0.152. The highest BCUT2D eigenvalue weighted by Crippen LogP contribution is 2.18. The Morgan fingerprint density at radius 2 is 1.92 bits per heavy atom. The monoisotopic (exact) mass is 353 g/mol. The van der Waals surface area contributed by atoms with Gasteiger partial charge in [0.2, 0.25) is 5.88 Å². The van der Waals surface area contributed by atoms with Crippen molar-refractivity contribution in [3.05, 3.63) is 64.7 Å². The predicted octanol–water partition coefficient (Wildman–Crippen LogP) is 2.30. The zero-order valence-corrected chi connectivity index (χ0v) is 14.6. The van der Waals surface area contributed by atoms with E-state index in [9.17, 15) is 9.59 Å². The Morgan fingerprint density at radius 1 is 1.15 bits per heavy atom. The summed E-state index contributed by atoms with van der Waals surface area (Å²) in [5.74, 6) is 0.140. The molecule has 26 heavy (non-hydrogen) atoms. The van der Waals surface area contributed by atoms with Gasteiger partial charge in [0.15, 0.2) is 0 Å². The van der Waals surface area contributed by atoms with E-state index < -0.39 is 0 Å². The molecule has 0 radical (unpaired) electrons. The number of nitrogens with one attached hydrogen (secondary N) is 1. The second-order valence-corrected chi connectivity index (χ2v) is 5.62. The summed E-state index contributed by atoms with van der Waals surface area (Å²) in [5.41, 5.74) is 0.793. The van der Waals surface area contributed by atoms with Gasteiger partial charge < -0.3 is 19.4 Å². The Hall–Kier alpha value is -3.19. The molecule has 0 saturated carbocycles. The molecule has 1 amide bonds. The SMILES string of the molecule is COCCn1cc(C(=O)Nc2ccc(OC)nc2)c2ccccc2c1=O. The Morgan fingerprint density at radius 3 is 2.58 bits per heavy atom. The molecule has 134 valence electrons. The van der Waals surface area contributed by atoms with Gasteiger partial charge in [-0.25, -0.2) is 4.98 Å². The van der Waals surface area contributed by atoms with Crippen molar-refractivity contribution in [2.24, 2.45) is 0 Å². The molecule has 1 aromatic carbocycles. The molecule has 0 atom stereocenters. The van der Waals surface area contributed by atoms with Crippen LogP contribution in [-0.4, -0.2) is 36.3 Å². The molecular formula is C19H19N3O4. The standard InChI is InChI=1S/C19H19N3O4/c1-25-10-9-22-12-16(14-5-3-4-6-15(14)19(22)24)18(23)21-13-7-8-17(26-2)20-11-13/h3-8,11-12H,9-10H2,1-2H3,(H,21,23). The van der Waals surface area contributed by atoms with E-state index >= 15 is 0 Å². The van der Waals surface area contributed by atoms with E-state index in [0.717, 1.165) is 0 Å². The number of amides is 1. The normalized spacial score (nSPS) is 10.7. The first-order valence-corrected chi connectivity index (χ1v) is 8.06. The molecule has 0 saturated heterocycles. The molecule has 0 fully saturated rings. The molecule has 3 aromatic rings. The van der Waals surface area contributed by atoms with Crippen molar-refractivity contribution in [2.45, 2.75) is 6.54 Å². The third-order valence-corrected chi connectivity index (χ3v) is 3.98. The van der Waals surface area contributed by atoms with Gasteiger partial charge in [0.05, 0.1) is 31.2 Å². The number of methoxy groups -OCH3 is 2. The molecule has 7 nitrogen and oxygen atoms in total. The molecule has 0 aliphatic rings. The van der Waals surface area contributed by atoms with Gasteiger partial charge in [-0.3, -0.25) is 9.59 Å². The maximum absolute atomic E-state index is 12.8. The fourth-order valence-electron chi connectivity index (χ4n) is 2.65. The van der Waals surface area contributed by atoms with E-state index in [1.807, 2.05) is 0 Å². The zero-order valence-electron chi connectivity index (χ0n) is 14.6. The van der Waals surface area contributed by atoms with Crippen LogP contribution in [0.4, 0.5) is 5.69 Å². The van der Waals surface area contributed by atoms with Gasteiger partial charge >= 0.3 is 0 Å². The van der Waals surface area contributed by atoms with E-state index in [4.69, 9.17) is 9.47 Å². The number of nitrogens with zero attached hydrogens (tertiary/aromatic N) is 2. The van der Waals surface area contributed by atoms with E-state index in [-0.39, 0.29) is 11.5 Å². The molecule has 0 spiro atoms. The number of hydrogen-bond acceptors (Lipinski definition) is 5. The van der Waals surface area contributed by atoms with Crippen LogP contribution in [0.5, 0.6) is 5.88 Å². The van der Waals surface area contributed by atoms with Crippen LogP contribution in [0.25, 0.3) is 10.8 Å². The summed E-state index contributed by atoms with van der Waals surface area (Å²) in [6.07, 6.45) is 3.08. The molecule has 1 N–H and O–H groups in total. The lowest BCUT2D eigenvalue weighted by atomic mass is 10.1. The van der Waals surface area contributed by atoms with Crippen LogP contribution in [0.1, 0.15) is 10.4 Å². The third-order valence-electron chi connectivity index (χ3n) is 3.98. The number of aromatic nitrogens is 2. The molecule has 0 bridgehead atoms. The summed E-state index contributed by atoms with van der Waals surface area (Å²) in [4.78, 5) is 29.5. The fraction of sp³-hybridized carbons (Fsp3) is 0.211. The Balaban J connectivity index is 2.00. The average Bonchev–Trinajstić information content (AvgIpc) is 2.68. The summed E-state index contributed by atoms with van der Waals surface area (Å²) in [6.45, 7) is 0.742. The minimum atomic E-state index is -0.320. The van der Waals surface area contributed by atoms with Crippen molar-refractivity contribution in [1.82, 2.24) is 9.55 Å². The highest BCUT2D eigenvalue weighted by molar-refractivity contribution is 6.12. The van der Waals surface area contributed by atoms with Gasteiger partial charge in [-0.15, -0.1) is 0 Å². The Kier molecular flexibility index (Phi) is 5.28. The van der Waals surface area contributed by atoms with Gasteiger partial charge in [0.1, 0.15) is 0 Å². The molecule has 2 heterocycles. The Bertz CT molecular complexity index is 980. The summed E-state index contributed by atoms with van der Waals surface area (Å²) < 4.78 is 11.6. The summed E-state index contributed by atoms with van der Waals surface area (Å²) in [5, 5.41) is 3.89. The predicted molar refractivity (Wildman–Crippen MR) is 98.8 cm³/mol. The number of pyridine rings is 2. The second-order valence-electron chi connectivity index (χ2n) is 5.62. The van der Waals surface area contributed by atoms with Gasteiger partial charge in [-0.1, -0.05) is 18.2 Å². The van der Waals surface area contributed by atoms with Crippen molar-refractivity contribution in [1.29, 1.82) is 0 Å². The van der Waals surface area contributed by atoms with Crippen LogP contribution in [0.3, 0.4) is 0 Å². The first kappa shape index (κ1) is 17.6. The van der Waals surface area contributed by atoms with Crippen LogP contribution in [0.2, 0.25) is 0 Å². The molecule has 0 aliphatic heterocycles. The fourth-order valence-corrected chi connectivity index (χ4v) is 2.65. The summed E-state index contributed by atoms with van der Waals surface area (Å²) >= 11 is 0. The third kappa shape index (κ3) is 3.57. The number of anilines is 1.